The quantitative estimate of drug-likeness (QED) is 0.575. The van der Waals surface area contributed by atoms with E-state index in [1.165, 1.54) is 0 Å². The summed E-state index contributed by atoms with van der Waals surface area (Å²) in [4.78, 5) is 27.0. The highest BCUT2D eigenvalue weighted by molar-refractivity contribution is 9.10. The molecule has 28 heavy (non-hydrogen) atoms. The smallest absolute Gasteiger partial charge is 0.256 e. The van der Waals surface area contributed by atoms with Crippen LogP contribution in [0.5, 0.6) is 5.75 Å². The van der Waals surface area contributed by atoms with Gasteiger partial charge in [0.05, 0.1) is 12.5 Å². The van der Waals surface area contributed by atoms with E-state index < -0.39 is 17.5 Å². The predicted molar refractivity (Wildman–Crippen MR) is 108 cm³/mol. The lowest BCUT2D eigenvalue weighted by Crippen LogP contribution is -2.54. The van der Waals surface area contributed by atoms with Crippen LogP contribution in [0.1, 0.15) is 24.0 Å². The summed E-state index contributed by atoms with van der Waals surface area (Å²) in [5, 5.41) is 15.2. The lowest BCUT2D eigenvalue weighted by molar-refractivity contribution is -0.534. The summed E-state index contributed by atoms with van der Waals surface area (Å²) >= 11 is 3.46. The average Bonchev–Trinajstić information content (AvgIpc) is 3.13. The highest BCUT2D eigenvalue weighted by atomic mass is 79.9. The van der Waals surface area contributed by atoms with Crippen LogP contribution in [0.15, 0.2) is 46.9 Å². The second kappa shape index (κ2) is 6.86. The van der Waals surface area contributed by atoms with Gasteiger partial charge in [0.15, 0.2) is 5.54 Å². The number of carbonyl (C=O) groups excluding carboxylic acids is 1. The fourth-order valence-electron chi connectivity index (χ4n) is 4.66. The Morgan fingerprint density at radius 2 is 2.11 bits per heavy atom. The molecule has 1 fully saturated rings. The number of hydrogen-bond donors (Lipinski definition) is 1. The van der Waals surface area contributed by atoms with Crippen LogP contribution in [0.3, 0.4) is 0 Å². The number of nitrogens with zero attached hydrogens (tertiary/aromatic N) is 2. The van der Waals surface area contributed by atoms with Crippen molar-refractivity contribution in [3.8, 4) is 5.75 Å². The Morgan fingerprint density at radius 1 is 1.36 bits per heavy atom. The number of likely N-dealkylation sites (N-methyl/N-ethyl adjacent to an activating group) is 1. The molecule has 1 amide bonds. The first kappa shape index (κ1) is 18.9. The SMILES string of the molecule is CCOc1ccc(Br)cc1[C@@H]1CN(C)[C@@]2(C(=O)Nc3ccccc32)[C@H]1[N+](=O)[O-]. The zero-order valence-corrected chi connectivity index (χ0v) is 17.1. The Morgan fingerprint density at radius 3 is 2.82 bits per heavy atom. The highest BCUT2D eigenvalue weighted by Gasteiger charge is 2.68. The van der Waals surface area contributed by atoms with Gasteiger partial charge in [0, 0.05) is 32.8 Å². The first-order chi connectivity index (χ1) is 13.4. The van der Waals surface area contributed by atoms with E-state index in [2.05, 4.69) is 21.2 Å². The van der Waals surface area contributed by atoms with Gasteiger partial charge in [0.1, 0.15) is 5.75 Å². The van der Waals surface area contributed by atoms with Crippen LogP contribution in [0.2, 0.25) is 0 Å². The van der Waals surface area contributed by atoms with E-state index in [4.69, 9.17) is 4.74 Å². The van der Waals surface area contributed by atoms with Crippen LogP contribution in [0.4, 0.5) is 5.69 Å². The van der Waals surface area contributed by atoms with E-state index in [-0.39, 0.29) is 10.8 Å². The molecule has 2 aliphatic heterocycles. The molecule has 0 aliphatic carbocycles. The summed E-state index contributed by atoms with van der Waals surface area (Å²) in [5.41, 5.74) is 0.668. The number of nitro groups is 1. The molecule has 0 bridgehead atoms. The molecule has 7 nitrogen and oxygen atoms in total. The van der Waals surface area contributed by atoms with Gasteiger partial charge in [0.25, 0.3) is 11.9 Å². The fraction of sp³-hybridized carbons (Fsp3) is 0.350. The van der Waals surface area contributed by atoms with Gasteiger partial charge < -0.3 is 10.1 Å². The fourth-order valence-corrected chi connectivity index (χ4v) is 5.04. The topological polar surface area (TPSA) is 84.7 Å². The maximum atomic E-state index is 13.1. The molecular weight excluding hydrogens is 426 g/mol. The van der Waals surface area contributed by atoms with Crippen molar-refractivity contribution >= 4 is 27.5 Å². The Balaban J connectivity index is 1.91. The summed E-state index contributed by atoms with van der Waals surface area (Å²) in [7, 11) is 1.77. The van der Waals surface area contributed by atoms with Crippen LogP contribution >= 0.6 is 15.9 Å². The average molecular weight is 446 g/mol. The van der Waals surface area contributed by atoms with Crippen molar-refractivity contribution in [3.05, 3.63) is 68.2 Å². The van der Waals surface area contributed by atoms with Crippen molar-refractivity contribution in [2.45, 2.75) is 24.4 Å². The number of anilines is 1. The number of halogens is 1. The van der Waals surface area contributed by atoms with Crippen LogP contribution < -0.4 is 10.1 Å². The van der Waals surface area contributed by atoms with E-state index in [0.717, 1.165) is 10.0 Å². The second-order valence-corrected chi connectivity index (χ2v) is 8.01. The number of nitrogens with one attached hydrogen (secondary N) is 1. The van der Waals surface area contributed by atoms with Gasteiger partial charge in [-0.05, 0) is 38.2 Å². The molecule has 0 aromatic heterocycles. The molecule has 0 radical (unpaired) electrons. The van der Waals surface area contributed by atoms with Gasteiger partial charge in [-0.3, -0.25) is 19.8 Å². The number of carbonyl (C=O) groups is 1. The number of rotatable bonds is 4. The molecule has 2 heterocycles. The summed E-state index contributed by atoms with van der Waals surface area (Å²) in [6.07, 6.45) is 0. The Bertz CT molecular complexity index is 966. The van der Waals surface area contributed by atoms with E-state index in [1.807, 2.05) is 42.2 Å². The van der Waals surface area contributed by atoms with Gasteiger partial charge >= 0.3 is 0 Å². The normalized spacial score (nSPS) is 26.3. The van der Waals surface area contributed by atoms with Gasteiger partial charge in [-0.1, -0.05) is 34.1 Å². The maximum absolute atomic E-state index is 13.1. The molecule has 2 aromatic rings. The monoisotopic (exact) mass is 445 g/mol. The molecule has 1 N–H and O–H groups in total. The van der Waals surface area contributed by atoms with E-state index in [1.54, 1.807) is 19.2 Å². The van der Waals surface area contributed by atoms with Gasteiger partial charge in [-0.2, -0.15) is 0 Å². The molecule has 1 saturated heterocycles. The summed E-state index contributed by atoms with van der Waals surface area (Å²) in [6, 6.07) is 11.6. The summed E-state index contributed by atoms with van der Waals surface area (Å²) < 4.78 is 6.57. The molecule has 2 aliphatic rings. The van der Waals surface area contributed by atoms with Crippen LogP contribution in [-0.4, -0.2) is 42.0 Å². The van der Waals surface area contributed by atoms with Crippen molar-refractivity contribution in [2.75, 3.05) is 25.5 Å². The Kier molecular flexibility index (Phi) is 4.63. The molecule has 2 aromatic carbocycles. The zero-order chi connectivity index (χ0) is 20.1. The van der Waals surface area contributed by atoms with Crippen molar-refractivity contribution in [1.82, 2.24) is 4.90 Å². The zero-order valence-electron chi connectivity index (χ0n) is 15.5. The van der Waals surface area contributed by atoms with Crippen molar-refractivity contribution in [1.29, 1.82) is 0 Å². The summed E-state index contributed by atoms with van der Waals surface area (Å²) in [5.74, 6) is -0.246. The molecule has 146 valence electrons. The van der Waals surface area contributed by atoms with E-state index in [9.17, 15) is 14.9 Å². The maximum Gasteiger partial charge on any atom is 0.256 e. The molecule has 1 spiro atoms. The minimum Gasteiger partial charge on any atom is -0.494 e. The Hall–Kier alpha value is -2.45. The highest BCUT2D eigenvalue weighted by Crippen LogP contribution is 2.53. The number of likely N-dealkylation sites (tertiary alicyclic amines) is 1. The summed E-state index contributed by atoms with van der Waals surface area (Å²) in [6.45, 7) is 2.69. The lowest BCUT2D eigenvalue weighted by Gasteiger charge is -2.30. The third kappa shape index (κ3) is 2.55. The van der Waals surface area contributed by atoms with Crippen LogP contribution in [0, 0.1) is 10.1 Å². The van der Waals surface area contributed by atoms with Crippen LogP contribution in [0.25, 0.3) is 0 Å². The van der Waals surface area contributed by atoms with E-state index in [0.29, 0.717) is 30.2 Å². The third-order valence-electron chi connectivity index (χ3n) is 5.71. The van der Waals surface area contributed by atoms with Gasteiger partial charge in [0.2, 0.25) is 0 Å². The first-order valence-corrected chi connectivity index (χ1v) is 9.88. The molecule has 8 heteroatoms. The molecule has 0 saturated carbocycles. The number of benzene rings is 2. The molecule has 0 unspecified atom stereocenters. The largest absolute Gasteiger partial charge is 0.494 e. The predicted octanol–water partition coefficient (Wildman–Crippen LogP) is 3.37. The number of para-hydroxylation sites is 1. The third-order valence-corrected chi connectivity index (χ3v) is 6.21. The molecule has 3 atom stereocenters. The van der Waals surface area contributed by atoms with Crippen molar-refractivity contribution < 1.29 is 14.5 Å². The first-order valence-electron chi connectivity index (χ1n) is 9.09. The van der Waals surface area contributed by atoms with Crippen LogP contribution in [-0.2, 0) is 10.3 Å². The van der Waals surface area contributed by atoms with Gasteiger partial charge in [-0.25, -0.2) is 0 Å². The number of amides is 1. The number of fused-ring (bicyclic) bond motifs is 2. The second-order valence-electron chi connectivity index (χ2n) is 7.10. The standard InChI is InChI=1S/C20H20BrN3O4/c1-3-28-17-9-8-12(21)10-13(17)14-11-23(2)20(18(14)24(26)27)15-6-4-5-7-16(15)22-19(20)25/h4-10,14,18H,3,11H2,1-2H3,(H,22,25)/t14-,18-,20+/m0/s1. The van der Waals surface area contributed by atoms with Crippen molar-refractivity contribution in [3.63, 3.8) is 0 Å². The Labute approximate surface area is 171 Å². The lowest BCUT2D eigenvalue weighted by atomic mass is 9.79. The number of hydrogen-bond acceptors (Lipinski definition) is 5. The molecule has 4 rings (SSSR count). The van der Waals surface area contributed by atoms with Crippen molar-refractivity contribution in [2.24, 2.45) is 0 Å². The van der Waals surface area contributed by atoms with E-state index >= 15 is 0 Å². The van der Waals surface area contributed by atoms with Gasteiger partial charge in [-0.15, -0.1) is 0 Å². The minimum atomic E-state index is -1.35. The minimum absolute atomic E-state index is 0.313. The molecular formula is C20H20BrN3O4. The number of ether oxygens (including phenoxy) is 1.